The van der Waals surface area contributed by atoms with Gasteiger partial charge in [0, 0.05) is 4.88 Å². The maximum absolute atomic E-state index is 4.79. The summed E-state index contributed by atoms with van der Waals surface area (Å²) in [5.74, 6) is 0.817. The van der Waals surface area contributed by atoms with Crippen molar-refractivity contribution in [2.75, 3.05) is 0 Å². The molecule has 26 heavy (non-hydrogen) atoms. The second-order valence-electron chi connectivity index (χ2n) is 6.10. The third-order valence-corrected chi connectivity index (χ3v) is 5.29. The Labute approximate surface area is 153 Å². The van der Waals surface area contributed by atoms with Crippen LogP contribution < -0.4 is 0 Å². The molecule has 5 aromatic rings. The van der Waals surface area contributed by atoms with Gasteiger partial charge >= 0.3 is 0 Å². The van der Waals surface area contributed by atoms with Crippen LogP contribution in [-0.4, -0.2) is 29.5 Å². The van der Waals surface area contributed by atoms with Crippen molar-refractivity contribution in [2.24, 2.45) is 0 Å². The van der Waals surface area contributed by atoms with Crippen molar-refractivity contribution in [2.45, 2.75) is 13.5 Å². The van der Waals surface area contributed by atoms with Gasteiger partial charge in [0.15, 0.2) is 5.65 Å². The Morgan fingerprint density at radius 2 is 1.92 bits per heavy atom. The predicted octanol–water partition coefficient (Wildman–Crippen LogP) is 4.03. The number of imidazole rings is 1. The Morgan fingerprint density at radius 3 is 2.73 bits per heavy atom. The molecule has 0 spiro atoms. The summed E-state index contributed by atoms with van der Waals surface area (Å²) in [6.07, 6.45) is 3.69. The number of benzene rings is 1. The molecule has 0 fully saturated rings. The molecule has 0 aliphatic heterocycles. The molecule has 128 valence electrons. The zero-order valence-corrected chi connectivity index (χ0v) is 14.9. The molecule has 0 bridgehead atoms. The molecular weight excluding hydrogens is 344 g/mol. The van der Waals surface area contributed by atoms with Crippen LogP contribution in [0.2, 0.25) is 0 Å². The van der Waals surface area contributed by atoms with Gasteiger partial charge in [-0.05, 0) is 30.5 Å². The Morgan fingerprint density at radius 1 is 1.04 bits per heavy atom. The number of rotatable bonds is 4. The Bertz CT molecular complexity index is 1160. The second kappa shape index (κ2) is 5.96. The monoisotopic (exact) mass is 360 g/mol. The fourth-order valence-electron chi connectivity index (χ4n) is 3.11. The van der Waals surface area contributed by atoms with Crippen molar-refractivity contribution in [3.8, 4) is 17.1 Å². The largest absolute Gasteiger partial charge is 0.335 e. The van der Waals surface area contributed by atoms with Gasteiger partial charge in [0.05, 0.1) is 35.9 Å². The van der Waals surface area contributed by atoms with Gasteiger partial charge in [-0.1, -0.05) is 24.3 Å². The fourth-order valence-corrected chi connectivity index (χ4v) is 3.80. The summed E-state index contributed by atoms with van der Waals surface area (Å²) in [5.41, 5.74) is 4.87. The van der Waals surface area contributed by atoms with Crippen molar-refractivity contribution in [3.63, 3.8) is 0 Å². The molecule has 0 unspecified atom stereocenters. The number of para-hydroxylation sites is 1. The Kier molecular flexibility index (Phi) is 3.46. The van der Waals surface area contributed by atoms with Crippen molar-refractivity contribution in [3.05, 3.63) is 70.8 Å². The van der Waals surface area contributed by atoms with Crippen LogP contribution >= 0.6 is 11.3 Å². The highest BCUT2D eigenvalue weighted by atomic mass is 32.1. The summed E-state index contributed by atoms with van der Waals surface area (Å²) in [7, 11) is 0. The highest BCUT2D eigenvalue weighted by Crippen LogP contribution is 2.25. The molecule has 0 radical (unpaired) electrons. The standard InChI is InChI=1S/C19H16N6S/c1-13-16(10-21-25(13)14-6-3-2-4-7-14)18-22-17-11-20-24(19(17)23-18)12-15-8-5-9-26-15/h2-11H,12H2,1H3,(H,22,23). The molecule has 0 saturated heterocycles. The molecule has 6 nitrogen and oxygen atoms in total. The van der Waals surface area contributed by atoms with Gasteiger partial charge in [-0.2, -0.15) is 10.2 Å². The number of nitrogens with one attached hydrogen (secondary N) is 1. The minimum atomic E-state index is 0.730. The van der Waals surface area contributed by atoms with Crippen LogP contribution in [0.1, 0.15) is 10.6 Å². The first kappa shape index (κ1) is 15.1. The van der Waals surface area contributed by atoms with E-state index >= 15 is 0 Å². The molecular formula is C19H16N6S. The summed E-state index contributed by atoms with van der Waals surface area (Å²) in [6.45, 7) is 2.79. The van der Waals surface area contributed by atoms with Crippen LogP contribution in [0, 0.1) is 6.92 Å². The summed E-state index contributed by atoms with van der Waals surface area (Å²) in [6, 6.07) is 14.3. The van der Waals surface area contributed by atoms with Crippen LogP contribution in [0.3, 0.4) is 0 Å². The summed E-state index contributed by atoms with van der Waals surface area (Å²) >= 11 is 1.72. The lowest BCUT2D eigenvalue weighted by Crippen LogP contribution is -2.00. The molecule has 5 rings (SSSR count). The van der Waals surface area contributed by atoms with Crippen LogP contribution in [0.25, 0.3) is 28.2 Å². The second-order valence-corrected chi connectivity index (χ2v) is 7.13. The van der Waals surface area contributed by atoms with Gasteiger partial charge in [-0.25, -0.2) is 14.3 Å². The first-order valence-electron chi connectivity index (χ1n) is 8.34. The maximum atomic E-state index is 4.79. The first-order valence-corrected chi connectivity index (χ1v) is 9.22. The van der Waals surface area contributed by atoms with Crippen molar-refractivity contribution >= 4 is 22.5 Å². The molecule has 4 heterocycles. The topological polar surface area (TPSA) is 64.3 Å². The molecule has 0 saturated carbocycles. The first-order chi connectivity index (χ1) is 12.8. The average Bonchev–Trinajstić information content (AvgIpc) is 3.42. The number of nitrogens with zero attached hydrogens (tertiary/aromatic N) is 5. The predicted molar refractivity (Wildman–Crippen MR) is 103 cm³/mol. The molecule has 7 heteroatoms. The fraction of sp³-hybridized carbons (Fsp3) is 0.105. The molecule has 0 aliphatic carbocycles. The average molecular weight is 360 g/mol. The lowest BCUT2D eigenvalue weighted by atomic mass is 10.2. The number of hydrogen-bond donors (Lipinski definition) is 1. The summed E-state index contributed by atoms with van der Waals surface area (Å²) in [4.78, 5) is 9.42. The molecule has 0 amide bonds. The SMILES string of the molecule is Cc1c(-c2nc3c(cnn3Cc3cccs3)[nH]2)cnn1-c1ccccc1. The van der Waals surface area contributed by atoms with Gasteiger partial charge < -0.3 is 4.98 Å². The van der Waals surface area contributed by atoms with E-state index in [1.807, 2.05) is 52.1 Å². The van der Waals surface area contributed by atoms with Gasteiger partial charge in [0.1, 0.15) is 11.3 Å². The molecule has 1 N–H and O–H groups in total. The van der Waals surface area contributed by atoms with Crippen LogP contribution in [0.5, 0.6) is 0 Å². The number of fused-ring (bicyclic) bond motifs is 1. The number of hydrogen-bond acceptors (Lipinski definition) is 4. The molecule has 0 aliphatic rings. The quantitative estimate of drug-likeness (QED) is 0.526. The zero-order chi connectivity index (χ0) is 17.5. The van der Waals surface area contributed by atoms with Crippen LogP contribution in [0.4, 0.5) is 0 Å². The normalized spacial score (nSPS) is 11.4. The third kappa shape index (κ3) is 2.44. The number of aromatic nitrogens is 6. The van der Waals surface area contributed by atoms with Crippen molar-refractivity contribution < 1.29 is 0 Å². The van der Waals surface area contributed by atoms with E-state index in [-0.39, 0.29) is 0 Å². The molecule has 4 aromatic heterocycles. The summed E-state index contributed by atoms with van der Waals surface area (Å²) < 4.78 is 3.86. The van der Waals surface area contributed by atoms with E-state index in [1.165, 1.54) is 4.88 Å². The van der Waals surface area contributed by atoms with E-state index in [2.05, 4.69) is 39.6 Å². The van der Waals surface area contributed by atoms with E-state index in [0.717, 1.165) is 40.5 Å². The third-order valence-electron chi connectivity index (χ3n) is 4.43. The van der Waals surface area contributed by atoms with Crippen molar-refractivity contribution in [1.82, 2.24) is 29.5 Å². The lowest BCUT2D eigenvalue weighted by Gasteiger charge is -2.04. The highest BCUT2D eigenvalue weighted by molar-refractivity contribution is 7.09. The van der Waals surface area contributed by atoms with Crippen molar-refractivity contribution in [1.29, 1.82) is 0 Å². The Hall–Kier alpha value is -3.19. The minimum absolute atomic E-state index is 0.730. The van der Waals surface area contributed by atoms with E-state index in [0.29, 0.717) is 0 Å². The smallest absolute Gasteiger partial charge is 0.177 e. The van der Waals surface area contributed by atoms with E-state index in [1.54, 1.807) is 11.3 Å². The Balaban J connectivity index is 1.54. The van der Waals surface area contributed by atoms with Gasteiger partial charge in [0.2, 0.25) is 0 Å². The van der Waals surface area contributed by atoms with Crippen LogP contribution in [-0.2, 0) is 6.54 Å². The van der Waals surface area contributed by atoms with Gasteiger partial charge in [-0.3, -0.25) is 0 Å². The van der Waals surface area contributed by atoms with Crippen LogP contribution in [0.15, 0.2) is 60.2 Å². The van der Waals surface area contributed by atoms with E-state index < -0.39 is 0 Å². The van der Waals surface area contributed by atoms with E-state index in [4.69, 9.17) is 4.98 Å². The summed E-state index contributed by atoms with van der Waals surface area (Å²) in [5, 5.41) is 11.1. The molecule has 0 atom stereocenters. The minimum Gasteiger partial charge on any atom is -0.335 e. The van der Waals surface area contributed by atoms with E-state index in [9.17, 15) is 0 Å². The highest BCUT2D eigenvalue weighted by Gasteiger charge is 2.16. The maximum Gasteiger partial charge on any atom is 0.177 e. The number of H-pyrrole nitrogens is 1. The zero-order valence-electron chi connectivity index (χ0n) is 14.1. The molecule has 1 aromatic carbocycles. The van der Waals surface area contributed by atoms with Gasteiger partial charge in [-0.15, -0.1) is 11.3 Å². The van der Waals surface area contributed by atoms with Gasteiger partial charge in [0.25, 0.3) is 0 Å². The number of thiophene rings is 1. The lowest BCUT2D eigenvalue weighted by molar-refractivity contribution is 0.713. The number of aromatic amines is 1.